The Labute approximate surface area is 179 Å². The van der Waals surface area contributed by atoms with Crippen LogP contribution in [0.25, 0.3) is 0 Å². The van der Waals surface area contributed by atoms with Crippen LogP contribution in [0.2, 0.25) is 0 Å². The number of alkyl halides is 3. The lowest BCUT2D eigenvalue weighted by Crippen LogP contribution is -2.49. The van der Waals surface area contributed by atoms with E-state index < -0.39 is 17.8 Å². The molecule has 0 aromatic heterocycles. The lowest BCUT2D eigenvalue weighted by Gasteiger charge is -2.37. The molecule has 0 spiro atoms. The largest absolute Gasteiger partial charge is 0.416 e. The molecular formula is C22H26F3N3OS. The minimum Gasteiger partial charge on any atom is -0.390 e. The summed E-state index contributed by atoms with van der Waals surface area (Å²) >= 11 is 1.46. The molecule has 0 radical (unpaired) electrons. The first-order chi connectivity index (χ1) is 14.3. The fraction of sp³-hybridized carbons (Fsp3) is 0.455. The average Bonchev–Trinajstić information content (AvgIpc) is 2.73. The van der Waals surface area contributed by atoms with Gasteiger partial charge < -0.3 is 14.9 Å². The minimum absolute atomic E-state index is 0.250. The number of para-hydroxylation sites is 1. The molecule has 0 saturated carbocycles. The van der Waals surface area contributed by atoms with Crippen LogP contribution in [0.4, 0.5) is 24.5 Å². The van der Waals surface area contributed by atoms with Gasteiger partial charge >= 0.3 is 6.18 Å². The van der Waals surface area contributed by atoms with E-state index in [0.717, 1.165) is 54.3 Å². The standard InChI is InChI=1S/C22H26F3N3OS/c1-2-26-9-11-27(12-10-26)14-17(29)15-28-18-5-3-4-6-20(18)30-21-8-7-16(13-19(21)28)22(23,24)25/h3-8,13,17,29H,2,9-12,14-15H2,1H3. The molecule has 1 fully saturated rings. The van der Waals surface area contributed by atoms with Gasteiger partial charge in [-0.15, -0.1) is 0 Å². The molecule has 2 heterocycles. The number of piperazine rings is 1. The van der Waals surface area contributed by atoms with Gasteiger partial charge in [0, 0.05) is 42.5 Å². The molecule has 2 aliphatic rings. The van der Waals surface area contributed by atoms with Crippen molar-refractivity contribution >= 4 is 23.1 Å². The Kier molecular flexibility index (Phi) is 6.29. The first-order valence-corrected chi connectivity index (χ1v) is 11.0. The smallest absolute Gasteiger partial charge is 0.390 e. The summed E-state index contributed by atoms with van der Waals surface area (Å²) in [6, 6.07) is 11.5. The lowest BCUT2D eigenvalue weighted by atomic mass is 10.1. The zero-order valence-electron chi connectivity index (χ0n) is 16.9. The first-order valence-electron chi connectivity index (χ1n) is 10.2. The van der Waals surface area contributed by atoms with Crippen molar-refractivity contribution in [1.29, 1.82) is 0 Å². The van der Waals surface area contributed by atoms with Crippen LogP contribution in [0.3, 0.4) is 0 Å². The molecule has 1 unspecified atom stereocenters. The maximum absolute atomic E-state index is 13.3. The van der Waals surface area contributed by atoms with Gasteiger partial charge in [0.25, 0.3) is 0 Å². The van der Waals surface area contributed by atoms with Crippen LogP contribution in [-0.4, -0.2) is 66.8 Å². The number of benzene rings is 2. The highest BCUT2D eigenvalue weighted by Gasteiger charge is 2.34. The van der Waals surface area contributed by atoms with E-state index in [0.29, 0.717) is 12.2 Å². The molecule has 0 aliphatic carbocycles. The predicted octanol–water partition coefficient (Wildman–Crippen LogP) is 4.31. The van der Waals surface area contributed by atoms with Crippen molar-refractivity contribution in [3.8, 4) is 0 Å². The van der Waals surface area contributed by atoms with Crippen molar-refractivity contribution in [2.75, 3.05) is 50.7 Å². The molecule has 4 rings (SSSR count). The third-order valence-corrected chi connectivity index (χ3v) is 6.86. The van der Waals surface area contributed by atoms with Crippen LogP contribution in [-0.2, 0) is 6.18 Å². The number of β-amino-alcohol motifs (C(OH)–C–C–N with tert-alkyl or cyclic N) is 1. The Balaban J connectivity index is 1.56. The summed E-state index contributed by atoms with van der Waals surface area (Å²) in [7, 11) is 0. The third kappa shape index (κ3) is 4.61. The molecule has 1 saturated heterocycles. The summed E-state index contributed by atoms with van der Waals surface area (Å²) in [6.07, 6.45) is -5.07. The Morgan fingerprint density at radius 2 is 1.60 bits per heavy atom. The van der Waals surface area contributed by atoms with Gasteiger partial charge in [-0.25, -0.2) is 0 Å². The van der Waals surface area contributed by atoms with Gasteiger partial charge in [0.15, 0.2) is 0 Å². The van der Waals surface area contributed by atoms with Gasteiger partial charge in [-0.05, 0) is 36.9 Å². The number of fused-ring (bicyclic) bond motifs is 2. The topological polar surface area (TPSA) is 30.0 Å². The molecule has 0 amide bonds. The highest BCUT2D eigenvalue weighted by molar-refractivity contribution is 7.99. The van der Waals surface area contributed by atoms with Gasteiger partial charge in [0.05, 0.1) is 29.6 Å². The summed E-state index contributed by atoms with van der Waals surface area (Å²) in [6.45, 7) is 7.67. The highest BCUT2D eigenvalue weighted by Crippen LogP contribution is 2.49. The quantitative estimate of drug-likeness (QED) is 0.753. The summed E-state index contributed by atoms with van der Waals surface area (Å²) < 4.78 is 40.0. The van der Waals surface area contributed by atoms with Crippen LogP contribution in [0.5, 0.6) is 0 Å². The third-order valence-electron chi connectivity index (χ3n) is 5.73. The van der Waals surface area contributed by atoms with Crippen LogP contribution in [0.1, 0.15) is 12.5 Å². The van der Waals surface area contributed by atoms with E-state index >= 15 is 0 Å². The van der Waals surface area contributed by atoms with Crippen molar-refractivity contribution in [2.45, 2.75) is 29.0 Å². The lowest BCUT2D eigenvalue weighted by molar-refractivity contribution is -0.137. The fourth-order valence-corrected chi connectivity index (χ4v) is 5.13. The Morgan fingerprint density at radius 3 is 2.30 bits per heavy atom. The van der Waals surface area contributed by atoms with Gasteiger partial charge in [-0.3, -0.25) is 4.90 Å². The zero-order valence-corrected chi connectivity index (χ0v) is 17.7. The molecule has 2 aromatic carbocycles. The van der Waals surface area contributed by atoms with E-state index in [2.05, 4.69) is 16.7 Å². The number of hydrogen-bond acceptors (Lipinski definition) is 5. The molecule has 8 heteroatoms. The van der Waals surface area contributed by atoms with Crippen molar-refractivity contribution in [1.82, 2.24) is 9.80 Å². The van der Waals surface area contributed by atoms with Crippen LogP contribution in [0, 0.1) is 0 Å². The number of rotatable bonds is 5. The minimum atomic E-state index is -4.40. The first kappa shape index (κ1) is 21.5. The average molecular weight is 438 g/mol. The molecule has 1 N–H and O–H groups in total. The number of aliphatic hydroxyl groups is 1. The highest BCUT2D eigenvalue weighted by atomic mass is 32.2. The molecule has 1 atom stereocenters. The number of halogens is 3. The van der Waals surface area contributed by atoms with Gasteiger partial charge in [0.2, 0.25) is 0 Å². The maximum Gasteiger partial charge on any atom is 0.416 e. The van der Waals surface area contributed by atoms with E-state index in [1.807, 2.05) is 29.2 Å². The molecule has 2 aromatic rings. The van der Waals surface area contributed by atoms with Crippen LogP contribution >= 0.6 is 11.8 Å². The summed E-state index contributed by atoms with van der Waals surface area (Å²) in [5.41, 5.74) is 0.670. The molecule has 162 valence electrons. The Bertz CT molecular complexity index is 884. The number of nitrogens with zero attached hydrogens (tertiary/aromatic N) is 3. The number of anilines is 2. The molecule has 30 heavy (non-hydrogen) atoms. The van der Waals surface area contributed by atoms with Crippen LogP contribution in [0.15, 0.2) is 52.3 Å². The summed E-state index contributed by atoms with van der Waals surface area (Å²) in [5.74, 6) is 0. The normalized spacial score (nSPS) is 18.8. The number of likely N-dealkylation sites (N-methyl/N-ethyl adjacent to an activating group) is 1. The van der Waals surface area contributed by atoms with Crippen molar-refractivity contribution in [2.24, 2.45) is 0 Å². The molecule has 4 nitrogen and oxygen atoms in total. The summed E-state index contributed by atoms with van der Waals surface area (Å²) in [5, 5.41) is 10.8. The van der Waals surface area contributed by atoms with Crippen LogP contribution < -0.4 is 4.90 Å². The van der Waals surface area contributed by atoms with Gasteiger partial charge in [0.1, 0.15) is 0 Å². The second-order valence-corrected chi connectivity index (χ2v) is 8.83. The SMILES string of the molecule is CCN1CCN(CC(O)CN2c3ccccc3Sc3ccc(C(F)(F)F)cc32)CC1. The second kappa shape index (κ2) is 8.78. The van der Waals surface area contributed by atoms with E-state index in [1.54, 1.807) is 0 Å². The number of aliphatic hydroxyl groups excluding tert-OH is 1. The van der Waals surface area contributed by atoms with Crippen molar-refractivity contribution in [3.05, 3.63) is 48.0 Å². The van der Waals surface area contributed by atoms with Crippen molar-refractivity contribution in [3.63, 3.8) is 0 Å². The van der Waals surface area contributed by atoms with E-state index in [4.69, 9.17) is 0 Å². The van der Waals surface area contributed by atoms with Gasteiger partial charge in [-0.2, -0.15) is 13.2 Å². The fourth-order valence-electron chi connectivity index (χ4n) is 4.06. The molecule has 2 aliphatic heterocycles. The Morgan fingerprint density at radius 1 is 0.933 bits per heavy atom. The van der Waals surface area contributed by atoms with Gasteiger partial charge in [-0.1, -0.05) is 30.8 Å². The monoisotopic (exact) mass is 437 g/mol. The number of hydrogen-bond donors (Lipinski definition) is 1. The predicted molar refractivity (Wildman–Crippen MR) is 114 cm³/mol. The van der Waals surface area contributed by atoms with E-state index in [1.165, 1.54) is 23.9 Å². The summed E-state index contributed by atoms with van der Waals surface area (Å²) in [4.78, 5) is 8.19. The van der Waals surface area contributed by atoms with E-state index in [9.17, 15) is 18.3 Å². The second-order valence-electron chi connectivity index (χ2n) is 7.75. The van der Waals surface area contributed by atoms with Crippen molar-refractivity contribution < 1.29 is 18.3 Å². The molecule has 0 bridgehead atoms. The molecular weight excluding hydrogens is 411 g/mol. The zero-order chi connectivity index (χ0) is 21.3. The Hall–Kier alpha value is -1.74. The van der Waals surface area contributed by atoms with E-state index in [-0.39, 0.29) is 6.54 Å². The maximum atomic E-state index is 13.3.